The first kappa shape index (κ1) is 17.5. The largest absolute Gasteiger partial charge is 0.496 e. The predicted octanol–water partition coefficient (Wildman–Crippen LogP) is 3.86. The Hall–Kier alpha value is -1.37. The van der Waals surface area contributed by atoms with Gasteiger partial charge in [-0.25, -0.2) is 13.1 Å². The fraction of sp³-hybridized carbons (Fsp3) is 0.444. The van der Waals surface area contributed by atoms with Crippen molar-refractivity contribution in [2.24, 2.45) is 0 Å². The van der Waals surface area contributed by atoms with Crippen molar-refractivity contribution in [1.82, 2.24) is 4.72 Å². The molecule has 1 aromatic heterocycles. The summed E-state index contributed by atoms with van der Waals surface area (Å²) in [5.41, 5.74) is 2.02. The van der Waals surface area contributed by atoms with Crippen molar-refractivity contribution in [2.45, 2.75) is 42.9 Å². The fourth-order valence-corrected chi connectivity index (χ4v) is 5.51. The van der Waals surface area contributed by atoms with Crippen LogP contribution in [-0.4, -0.2) is 22.1 Å². The van der Waals surface area contributed by atoms with Crippen molar-refractivity contribution < 1.29 is 13.2 Å². The standard InChI is InChI=1S/C18H23NO3S2/c1-14-11-16(5-6-17(14)22-2)24(20,21)19-13-18(8-3-4-9-18)15-7-10-23-12-15/h5-7,10-12,19H,3-4,8-9,13H2,1-2H3. The molecule has 0 amide bonds. The van der Waals surface area contributed by atoms with Gasteiger partial charge in [-0.1, -0.05) is 12.8 Å². The Morgan fingerprint density at radius 3 is 2.58 bits per heavy atom. The highest BCUT2D eigenvalue weighted by atomic mass is 32.2. The Morgan fingerprint density at radius 1 is 1.25 bits per heavy atom. The van der Waals surface area contributed by atoms with Gasteiger partial charge in [0.25, 0.3) is 0 Å². The van der Waals surface area contributed by atoms with Crippen molar-refractivity contribution in [3.63, 3.8) is 0 Å². The lowest BCUT2D eigenvalue weighted by molar-refractivity contribution is 0.411. The van der Waals surface area contributed by atoms with E-state index in [-0.39, 0.29) is 5.41 Å². The highest BCUT2D eigenvalue weighted by molar-refractivity contribution is 7.89. The predicted molar refractivity (Wildman–Crippen MR) is 97.4 cm³/mol. The molecule has 2 aromatic rings. The van der Waals surface area contributed by atoms with Crippen LogP contribution in [0.5, 0.6) is 5.75 Å². The van der Waals surface area contributed by atoms with E-state index in [4.69, 9.17) is 4.74 Å². The number of hydrogen-bond acceptors (Lipinski definition) is 4. The number of sulfonamides is 1. The third kappa shape index (κ3) is 3.36. The zero-order chi connectivity index (χ0) is 17.2. The van der Waals surface area contributed by atoms with Crippen LogP contribution in [0.1, 0.15) is 36.8 Å². The number of nitrogens with one attached hydrogen (secondary N) is 1. The Bertz CT molecular complexity index is 792. The summed E-state index contributed by atoms with van der Waals surface area (Å²) >= 11 is 1.67. The smallest absolute Gasteiger partial charge is 0.240 e. The van der Waals surface area contributed by atoms with Gasteiger partial charge in [-0.05, 0) is 65.9 Å². The van der Waals surface area contributed by atoms with E-state index in [1.807, 2.05) is 6.92 Å². The van der Waals surface area contributed by atoms with Gasteiger partial charge in [-0.3, -0.25) is 0 Å². The van der Waals surface area contributed by atoms with Gasteiger partial charge in [0, 0.05) is 12.0 Å². The van der Waals surface area contributed by atoms with Crippen molar-refractivity contribution in [3.05, 3.63) is 46.2 Å². The molecule has 1 aliphatic rings. The monoisotopic (exact) mass is 365 g/mol. The SMILES string of the molecule is COc1ccc(S(=O)(=O)NCC2(c3ccsc3)CCCC2)cc1C. The number of ether oxygens (including phenoxy) is 1. The van der Waals surface area contributed by atoms with Crippen LogP contribution in [0, 0.1) is 6.92 Å². The van der Waals surface area contributed by atoms with E-state index in [1.54, 1.807) is 36.6 Å². The summed E-state index contributed by atoms with van der Waals surface area (Å²) in [5.74, 6) is 0.694. The van der Waals surface area contributed by atoms with Crippen LogP contribution in [0.15, 0.2) is 39.9 Å². The van der Waals surface area contributed by atoms with Gasteiger partial charge in [0.05, 0.1) is 12.0 Å². The van der Waals surface area contributed by atoms with Gasteiger partial charge < -0.3 is 4.74 Å². The molecule has 0 spiro atoms. The van der Waals surface area contributed by atoms with Crippen LogP contribution in [0.4, 0.5) is 0 Å². The van der Waals surface area contributed by atoms with Crippen molar-refractivity contribution >= 4 is 21.4 Å². The quantitative estimate of drug-likeness (QED) is 0.846. The van der Waals surface area contributed by atoms with Gasteiger partial charge in [-0.15, -0.1) is 0 Å². The lowest BCUT2D eigenvalue weighted by Crippen LogP contribution is -2.38. The first-order valence-corrected chi connectivity index (χ1v) is 10.6. The molecule has 1 fully saturated rings. The number of benzene rings is 1. The van der Waals surface area contributed by atoms with E-state index >= 15 is 0 Å². The molecule has 0 saturated heterocycles. The Labute approximate surface area is 147 Å². The lowest BCUT2D eigenvalue weighted by atomic mass is 9.81. The van der Waals surface area contributed by atoms with Gasteiger partial charge >= 0.3 is 0 Å². The first-order valence-electron chi connectivity index (χ1n) is 8.14. The van der Waals surface area contributed by atoms with E-state index in [2.05, 4.69) is 21.5 Å². The van der Waals surface area contributed by atoms with Crippen LogP contribution < -0.4 is 9.46 Å². The third-order valence-corrected chi connectivity index (χ3v) is 7.05. The summed E-state index contributed by atoms with van der Waals surface area (Å²) in [6, 6.07) is 7.09. The molecule has 1 aliphatic carbocycles. The molecule has 0 unspecified atom stereocenters. The zero-order valence-electron chi connectivity index (χ0n) is 14.0. The highest BCUT2D eigenvalue weighted by Crippen LogP contribution is 2.41. The minimum Gasteiger partial charge on any atom is -0.496 e. The first-order chi connectivity index (χ1) is 11.5. The molecule has 6 heteroatoms. The minimum absolute atomic E-state index is 0.0609. The van der Waals surface area contributed by atoms with Crippen LogP contribution in [0.25, 0.3) is 0 Å². The van der Waals surface area contributed by atoms with Crippen molar-refractivity contribution in [2.75, 3.05) is 13.7 Å². The summed E-state index contributed by atoms with van der Waals surface area (Å²) < 4.78 is 33.5. The normalized spacial score (nSPS) is 17.1. The summed E-state index contributed by atoms with van der Waals surface area (Å²) in [4.78, 5) is 0.291. The van der Waals surface area contributed by atoms with Gasteiger partial charge in [0.15, 0.2) is 0 Å². The lowest BCUT2D eigenvalue weighted by Gasteiger charge is -2.28. The Kier molecular flexibility index (Phi) is 4.99. The molecule has 4 nitrogen and oxygen atoms in total. The number of aryl methyl sites for hydroxylation is 1. The molecule has 3 rings (SSSR count). The van der Waals surface area contributed by atoms with Crippen molar-refractivity contribution in [1.29, 1.82) is 0 Å². The molecule has 0 aliphatic heterocycles. The molecule has 1 aromatic carbocycles. The van der Waals surface area contributed by atoms with E-state index in [0.717, 1.165) is 31.2 Å². The number of rotatable bonds is 6. The van der Waals surface area contributed by atoms with Crippen molar-refractivity contribution in [3.8, 4) is 5.75 Å². The zero-order valence-corrected chi connectivity index (χ0v) is 15.7. The molecular formula is C18H23NO3S2. The molecule has 0 radical (unpaired) electrons. The second kappa shape index (κ2) is 6.86. The molecule has 0 atom stereocenters. The van der Waals surface area contributed by atoms with Gasteiger partial charge in [-0.2, -0.15) is 11.3 Å². The van der Waals surface area contributed by atoms with Crippen LogP contribution in [0.3, 0.4) is 0 Å². The van der Waals surface area contributed by atoms with E-state index in [9.17, 15) is 8.42 Å². The number of methoxy groups -OCH3 is 1. The van der Waals surface area contributed by atoms with Crippen LogP contribution >= 0.6 is 11.3 Å². The summed E-state index contributed by atoms with van der Waals surface area (Å²) in [7, 11) is -1.94. The van der Waals surface area contributed by atoms with Gasteiger partial charge in [0.2, 0.25) is 10.0 Å². The number of thiophene rings is 1. The van der Waals surface area contributed by atoms with E-state index < -0.39 is 10.0 Å². The molecule has 1 N–H and O–H groups in total. The summed E-state index contributed by atoms with van der Waals surface area (Å²) in [6.45, 7) is 2.30. The highest BCUT2D eigenvalue weighted by Gasteiger charge is 2.37. The molecule has 0 bridgehead atoms. The second-order valence-corrected chi connectivity index (χ2v) is 9.00. The molecule has 1 saturated carbocycles. The maximum atomic E-state index is 12.7. The number of hydrogen-bond donors (Lipinski definition) is 1. The molecule has 24 heavy (non-hydrogen) atoms. The van der Waals surface area contributed by atoms with E-state index in [0.29, 0.717) is 17.2 Å². The molecule has 130 valence electrons. The van der Waals surface area contributed by atoms with Crippen LogP contribution in [0.2, 0.25) is 0 Å². The summed E-state index contributed by atoms with van der Waals surface area (Å²) in [5, 5.41) is 4.22. The maximum absolute atomic E-state index is 12.7. The van der Waals surface area contributed by atoms with E-state index in [1.165, 1.54) is 5.56 Å². The average Bonchev–Trinajstić information content (AvgIpc) is 3.25. The fourth-order valence-electron chi connectivity index (χ4n) is 3.52. The summed E-state index contributed by atoms with van der Waals surface area (Å²) in [6.07, 6.45) is 4.38. The van der Waals surface area contributed by atoms with Crippen LogP contribution in [-0.2, 0) is 15.4 Å². The topological polar surface area (TPSA) is 55.4 Å². The molecule has 1 heterocycles. The minimum atomic E-state index is -3.53. The van der Waals surface area contributed by atoms with Gasteiger partial charge in [0.1, 0.15) is 5.75 Å². The second-order valence-electron chi connectivity index (χ2n) is 6.46. The average molecular weight is 366 g/mol. The maximum Gasteiger partial charge on any atom is 0.240 e. The molecular weight excluding hydrogens is 342 g/mol. The Balaban J connectivity index is 1.80. The third-order valence-electron chi connectivity index (χ3n) is 4.97. The Morgan fingerprint density at radius 2 is 2.00 bits per heavy atom.